The van der Waals surface area contributed by atoms with Crippen LogP contribution in [0, 0.1) is 20.8 Å². The molecule has 1 saturated carbocycles. The van der Waals surface area contributed by atoms with E-state index in [1.54, 1.807) is 4.90 Å². The maximum Gasteiger partial charge on any atom is 0.243 e. The Bertz CT molecular complexity index is 1240. The second-order valence-electron chi connectivity index (χ2n) is 10.9. The molecule has 0 aromatic heterocycles. The van der Waals surface area contributed by atoms with Gasteiger partial charge in [-0.2, -0.15) is 0 Å². The molecule has 2 amide bonds. The number of aryl methyl sites for hydroxylation is 3. The highest BCUT2D eigenvalue weighted by molar-refractivity contribution is 7.92. The lowest BCUT2D eigenvalue weighted by atomic mass is 9.95. The van der Waals surface area contributed by atoms with Gasteiger partial charge in [-0.15, -0.1) is 0 Å². The second kappa shape index (κ2) is 14.0. The van der Waals surface area contributed by atoms with Crippen LogP contribution in [0.15, 0.2) is 42.5 Å². The Morgan fingerprint density at radius 1 is 1.00 bits per heavy atom. The minimum Gasteiger partial charge on any atom is -0.352 e. The molecule has 0 bridgehead atoms. The number of carbonyl (C=O) groups is 2. The van der Waals surface area contributed by atoms with Crippen LogP contribution in [0.5, 0.6) is 0 Å². The quantitative estimate of drug-likeness (QED) is 0.379. The van der Waals surface area contributed by atoms with Crippen LogP contribution in [0.3, 0.4) is 0 Å². The molecule has 1 aliphatic rings. The minimum absolute atomic E-state index is 0.0977. The van der Waals surface area contributed by atoms with Crippen LogP contribution in [0.4, 0.5) is 5.69 Å². The summed E-state index contributed by atoms with van der Waals surface area (Å²) in [5.74, 6) is -0.238. The van der Waals surface area contributed by atoms with Crippen molar-refractivity contribution >= 4 is 27.5 Å². The van der Waals surface area contributed by atoms with Crippen molar-refractivity contribution in [3.8, 4) is 0 Å². The van der Waals surface area contributed by atoms with Gasteiger partial charge in [0.05, 0.1) is 11.9 Å². The molecule has 2 aromatic carbocycles. The third-order valence-corrected chi connectivity index (χ3v) is 8.90. The van der Waals surface area contributed by atoms with Crippen LogP contribution in [0.2, 0.25) is 0 Å². The first-order valence-corrected chi connectivity index (χ1v) is 16.1. The largest absolute Gasteiger partial charge is 0.352 e. The van der Waals surface area contributed by atoms with Crippen LogP contribution in [0.1, 0.15) is 80.5 Å². The van der Waals surface area contributed by atoms with Crippen molar-refractivity contribution in [2.75, 3.05) is 17.1 Å². The summed E-state index contributed by atoms with van der Waals surface area (Å²) < 4.78 is 26.8. The molecular weight excluding hydrogens is 510 g/mol. The predicted octanol–water partition coefficient (Wildman–Crippen LogP) is 5.41. The van der Waals surface area contributed by atoms with Crippen molar-refractivity contribution in [3.63, 3.8) is 0 Å². The van der Waals surface area contributed by atoms with Crippen LogP contribution >= 0.6 is 0 Å². The molecule has 8 heteroatoms. The van der Waals surface area contributed by atoms with E-state index < -0.39 is 16.1 Å². The summed E-state index contributed by atoms with van der Waals surface area (Å²) in [7, 11) is -3.54. The molecular formula is C31H45N3O4S. The molecule has 3 rings (SSSR count). The number of anilines is 1. The molecule has 39 heavy (non-hydrogen) atoms. The number of nitrogens with one attached hydrogen (secondary N) is 1. The summed E-state index contributed by atoms with van der Waals surface area (Å²) >= 11 is 0. The summed E-state index contributed by atoms with van der Waals surface area (Å²) in [6.07, 6.45) is 7.60. The van der Waals surface area contributed by atoms with Gasteiger partial charge in [-0.3, -0.25) is 13.9 Å². The Kier molecular flexibility index (Phi) is 11.0. The lowest BCUT2D eigenvalue weighted by Gasteiger charge is -2.33. The number of nitrogens with zero attached hydrogens (tertiary/aromatic N) is 2. The van der Waals surface area contributed by atoms with Gasteiger partial charge in [-0.1, -0.05) is 62.6 Å². The lowest BCUT2D eigenvalue weighted by Crippen LogP contribution is -2.51. The summed E-state index contributed by atoms with van der Waals surface area (Å²) in [5, 5.41) is 3.21. The molecule has 0 saturated heterocycles. The van der Waals surface area contributed by atoms with Crippen LogP contribution < -0.4 is 9.62 Å². The van der Waals surface area contributed by atoms with E-state index in [1.165, 1.54) is 17.0 Å². The van der Waals surface area contributed by atoms with Crippen molar-refractivity contribution in [2.45, 2.75) is 97.7 Å². The maximum absolute atomic E-state index is 13.7. The lowest BCUT2D eigenvalue weighted by molar-refractivity contribution is -0.141. The fourth-order valence-corrected chi connectivity index (χ4v) is 6.42. The van der Waals surface area contributed by atoms with E-state index in [0.717, 1.165) is 47.9 Å². The zero-order valence-corrected chi connectivity index (χ0v) is 25.0. The van der Waals surface area contributed by atoms with Gasteiger partial charge < -0.3 is 10.2 Å². The van der Waals surface area contributed by atoms with Gasteiger partial charge in [0, 0.05) is 25.6 Å². The normalized spacial score (nSPS) is 15.0. The Hall–Kier alpha value is -2.87. The predicted molar refractivity (Wildman–Crippen MR) is 158 cm³/mol. The van der Waals surface area contributed by atoms with Crippen molar-refractivity contribution in [3.05, 3.63) is 64.7 Å². The van der Waals surface area contributed by atoms with Crippen LogP contribution in [-0.2, 0) is 26.2 Å². The molecule has 1 unspecified atom stereocenters. The Labute approximate surface area is 235 Å². The average molecular weight is 556 g/mol. The van der Waals surface area contributed by atoms with Crippen molar-refractivity contribution in [1.82, 2.24) is 10.2 Å². The molecule has 1 aliphatic carbocycles. The van der Waals surface area contributed by atoms with Gasteiger partial charge in [0.2, 0.25) is 21.8 Å². The molecule has 1 fully saturated rings. The molecule has 7 nitrogen and oxygen atoms in total. The molecule has 0 radical (unpaired) electrons. The van der Waals surface area contributed by atoms with E-state index in [9.17, 15) is 18.0 Å². The highest BCUT2D eigenvalue weighted by Crippen LogP contribution is 2.25. The second-order valence-corrected chi connectivity index (χ2v) is 12.9. The van der Waals surface area contributed by atoms with Gasteiger partial charge in [-0.25, -0.2) is 8.42 Å². The first kappa shape index (κ1) is 30.7. The third-order valence-electron chi connectivity index (χ3n) is 7.72. The summed E-state index contributed by atoms with van der Waals surface area (Å²) in [6, 6.07) is 13.2. The Balaban J connectivity index is 1.79. The van der Waals surface area contributed by atoms with Crippen molar-refractivity contribution in [2.24, 2.45) is 0 Å². The van der Waals surface area contributed by atoms with Gasteiger partial charge in [0.15, 0.2) is 0 Å². The highest BCUT2D eigenvalue weighted by Gasteiger charge is 2.30. The summed E-state index contributed by atoms with van der Waals surface area (Å²) in [6.45, 7) is 8.30. The van der Waals surface area contributed by atoms with Gasteiger partial charge >= 0.3 is 0 Å². The Morgan fingerprint density at radius 3 is 2.33 bits per heavy atom. The van der Waals surface area contributed by atoms with E-state index in [-0.39, 0.29) is 30.8 Å². The first-order chi connectivity index (χ1) is 18.5. The zero-order chi connectivity index (χ0) is 28.6. The highest BCUT2D eigenvalue weighted by atomic mass is 32.2. The molecule has 0 aliphatic heterocycles. The van der Waals surface area contributed by atoms with Gasteiger partial charge in [0.25, 0.3) is 0 Å². The number of sulfonamides is 1. The number of amides is 2. The molecule has 1 N–H and O–H groups in total. The number of hydrogen-bond donors (Lipinski definition) is 1. The summed E-state index contributed by atoms with van der Waals surface area (Å²) in [4.78, 5) is 28.9. The number of rotatable bonds is 12. The van der Waals surface area contributed by atoms with E-state index in [4.69, 9.17) is 0 Å². The number of hydrogen-bond acceptors (Lipinski definition) is 4. The van der Waals surface area contributed by atoms with Crippen LogP contribution in [0.25, 0.3) is 0 Å². The van der Waals surface area contributed by atoms with Gasteiger partial charge in [0.1, 0.15) is 6.04 Å². The summed E-state index contributed by atoms with van der Waals surface area (Å²) in [5.41, 5.74) is 4.54. The molecule has 0 heterocycles. The van der Waals surface area contributed by atoms with Crippen molar-refractivity contribution < 1.29 is 18.0 Å². The zero-order valence-electron chi connectivity index (χ0n) is 24.2. The number of carbonyl (C=O) groups excluding carboxylic acids is 2. The topological polar surface area (TPSA) is 86.8 Å². The minimum atomic E-state index is -3.54. The van der Waals surface area contributed by atoms with Crippen molar-refractivity contribution in [1.29, 1.82) is 0 Å². The van der Waals surface area contributed by atoms with E-state index in [1.807, 2.05) is 70.2 Å². The molecule has 1 atom stereocenters. The van der Waals surface area contributed by atoms with Gasteiger partial charge in [-0.05, 0) is 74.8 Å². The van der Waals surface area contributed by atoms with E-state index in [2.05, 4.69) is 5.32 Å². The number of benzene rings is 2. The van der Waals surface area contributed by atoms with E-state index in [0.29, 0.717) is 25.1 Å². The average Bonchev–Trinajstić information content (AvgIpc) is 2.89. The van der Waals surface area contributed by atoms with Crippen LogP contribution in [-0.4, -0.2) is 50.0 Å². The fraction of sp³-hybridized carbons (Fsp3) is 0.548. The Morgan fingerprint density at radius 2 is 1.69 bits per heavy atom. The van der Waals surface area contributed by atoms with E-state index >= 15 is 0 Å². The maximum atomic E-state index is 13.7. The standard InChI is InChI=1S/C31H45N3O4S/c1-6-28(31(36)32-27-15-8-7-9-16-27)33(22-26-14-11-10-13-24(26)3)30(35)17-12-20-34(39(5,37)38)29-21-23(2)18-19-25(29)4/h10-11,13-14,18-19,21,27-28H,6-9,12,15-17,20,22H2,1-5H3,(H,32,36). The third kappa shape index (κ3) is 8.56. The molecule has 0 spiro atoms. The smallest absolute Gasteiger partial charge is 0.243 e. The monoisotopic (exact) mass is 555 g/mol. The SMILES string of the molecule is CCC(C(=O)NC1CCCCC1)N(Cc1ccccc1C)C(=O)CCCN(c1cc(C)ccc1C)S(C)(=O)=O. The molecule has 2 aromatic rings. The fourth-order valence-electron chi connectivity index (χ4n) is 5.41. The first-order valence-electron chi connectivity index (χ1n) is 14.2. The molecule has 214 valence electrons.